The molecule has 0 unspecified atom stereocenters. The van der Waals surface area contributed by atoms with E-state index in [0.29, 0.717) is 33.9 Å². The van der Waals surface area contributed by atoms with E-state index < -0.39 is 124 Å². The summed E-state index contributed by atoms with van der Waals surface area (Å²) in [6, 6.07) is 32.5. The molecule has 6 aromatic carbocycles. The maximum atomic E-state index is 13.0. The van der Waals surface area contributed by atoms with Crippen LogP contribution in [0.25, 0.3) is 72.7 Å². The van der Waals surface area contributed by atoms with Gasteiger partial charge in [-0.3, -0.25) is 9.55 Å². The van der Waals surface area contributed by atoms with Crippen LogP contribution in [0.15, 0.2) is 134 Å². The molecule has 0 spiro atoms. The second-order valence-electron chi connectivity index (χ2n) is 16.7. The molecule has 2 heterocycles. The minimum absolute atomic E-state index is 0. The predicted octanol–water partition coefficient (Wildman–Crippen LogP) is 15.8. The van der Waals surface area contributed by atoms with Gasteiger partial charge in [0.1, 0.15) is 11.6 Å². The van der Waals surface area contributed by atoms with Crippen LogP contribution in [-0.2, 0) is 42.7 Å². The number of hydrogen-bond acceptors (Lipinski definition) is 3. The number of imidazole rings is 1. The zero-order valence-corrected chi connectivity index (χ0v) is 37.1. The Morgan fingerprint density at radius 3 is 1.94 bits per heavy atom. The minimum atomic E-state index is -4.27. The first-order chi connectivity index (χ1) is 42.0. The SMILES string of the molecule is [2H]C([2H])([2H])c1ccc(-n2c(-c3cc(C(C([2H])([2H])[2H])(C([2H])([2H])[2H])C([2H])([2H])[2H])cc(C(C([2H])([2H])[2H])(C([2H])([2H])[2H])C([2H])([2H])[2H])c3O)nc3c(-c4[c-]c(-c5cc(-c6ccc(C(C([2H])([2H])[2H])(C([2H])([2H])[2H])C([2H])([2H])[2H])cc6)ccn5)cc(C(C)(C)C)c4)cccc32)c(-c2ccccc2)c1.[Pt]. The van der Waals surface area contributed by atoms with Gasteiger partial charge in [0.05, 0.1) is 22.3 Å². The fraction of sp³-hybridized carbons (Fsp3) is 0.288. The quantitative estimate of drug-likeness (QED) is 0.169. The van der Waals surface area contributed by atoms with Gasteiger partial charge >= 0.3 is 0 Å². The average molecular weight is 1050 g/mol. The number of aryl methyl sites for hydroxylation is 1. The topological polar surface area (TPSA) is 50.9 Å². The molecule has 0 fully saturated rings. The summed E-state index contributed by atoms with van der Waals surface area (Å²) in [5.74, 6) is -2.17. The van der Waals surface area contributed by atoms with Crippen molar-refractivity contribution in [2.24, 2.45) is 0 Å². The van der Waals surface area contributed by atoms with Crippen LogP contribution >= 0.6 is 0 Å². The molecule has 5 heteroatoms. The van der Waals surface area contributed by atoms with Gasteiger partial charge in [0, 0.05) is 85.2 Å². The first-order valence-corrected chi connectivity index (χ1v) is 19.8. The summed E-state index contributed by atoms with van der Waals surface area (Å²) in [7, 11) is 0. The fourth-order valence-corrected chi connectivity index (χ4v) is 7.58. The summed E-state index contributed by atoms with van der Waals surface area (Å²) in [6.07, 6.45) is 1.44. The molecule has 330 valence electrons. The van der Waals surface area contributed by atoms with Crippen LogP contribution in [0, 0.1) is 12.9 Å². The van der Waals surface area contributed by atoms with Crippen LogP contribution < -0.4 is 0 Å². The first-order valence-electron chi connectivity index (χ1n) is 34.8. The van der Waals surface area contributed by atoms with E-state index in [1.54, 1.807) is 66.7 Å². The molecule has 0 saturated heterocycles. The molecule has 2 aromatic heterocycles. The van der Waals surface area contributed by atoms with Crippen molar-refractivity contribution in [2.75, 3.05) is 0 Å². The standard InChI is InChI=1S/C59H62N3O.Pt/c1-37-22-27-51(47(30-37)39-18-15-14-16-19-39)62-52-21-17-20-46(53(52)61-55(62)48-35-45(58(8,9)10)36-49(54(48)63)59(11,12)13)41-31-42(33-44(32-41)57(5,6)7)50-34-40(28-29-60-50)38-23-25-43(26-24-38)56(2,3)4;/h14-30,32-36,63H,1-13H3;/q-1;/i1D3,2D3,3D3,4D3,8D3,9D3,10D3,11D3,12D3,13D3;. The number of benzene rings is 6. The number of fused-ring (bicyclic) bond motifs is 1. The molecule has 0 atom stereocenters. The Hall–Kier alpha value is -5.57. The number of nitrogens with zero attached hydrogens (tertiary/aromatic N) is 3. The predicted molar refractivity (Wildman–Crippen MR) is 266 cm³/mol. The van der Waals surface area contributed by atoms with E-state index in [1.165, 1.54) is 47.2 Å². The Balaban J connectivity index is 0.0000125. The van der Waals surface area contributed by atoms with Gasteiger partial charge in [-0.1, -0.05) is 184 Å². The number of aromatic nitrogens is 3. The van der Waals surface area contributed by atoms with E-state index in [1.807, 2.05) is 20.8 Å². The van der Waals surface area contributed by atoms with Crippen molar-refractivity contribution in [3.63, 3.8) is 0 Å². The Bertz CT molecular complexity index is 4010. The monoisotopic (exact) mass is 1050 g/mol. The largest absolute Gasteiger partial charge is 0.507 e. The van der Waals surface area contributed by atoms with Gasteiger partial charge in [-0.05, 0) is 86.7 Å². The third kappa shape index (κ3) is 9.18. The molecule has 0 aliphatic heterocycles. The number of phenolic OH excluding ortho intramolecular Hbond substituents is 1. The molecule has 1 N–H and O–H groups in total. The van der Waals surface area contributed by atoms with Crippen LogP contribution in [0.2, 0.25) is 0 Å². The summed E-state index contributed by atoms with van der Waals surface area (Å²) in [5.41, 5.74) is -14.1. The summed E-state index contributed by atoms with van der Waals surface area (Å²) in [4.78, 5) is 9.70. The molecule has 64 heavy (non-hydrogen) atoms. The molecule has 0 aliphatic carbocycles. The number of phenols is 1. The van der Waals surface area contributed by atoms with Crippen LogP contribution in [-0.4, -0.2) is 19.6 Å². The molecule has 8 rings (SSSR count). The molecule has 4 nitrogen and oxygen atoms in total. The molecule has 8 aromatic rings. The summed E-state index contributed by atoms with van der Waals surface area (Å²) in [5, 5.41) is 13.0. The molecular weight excluding hydrogens is 962 g/mol. The zero-order valence-electron chi connectivity index (χ0n) is 64.8. The van der Waals surface area contributed by atoms with Gasteiger partial charge < -0.3 is 5.11 Å². The third-order valence-electron chi connectivity index (χ3n) is 10.9. The Morgan fingerprint density at radius 2 is 1.25 bits per heavy atom. The normalized spacial score (nSPS) is 21.3. The second-order valence-corrected chi connectivity index (χ2v) is 16.7. The first kappa shape index (κ1) is 21.6. The molecule has 0 amide bonds. The molecule has 0 radical (unpaired) electrons. The maximum Gasteiger partial charge on any atom is 0.148 e. The van der Waals surface area contributed by atoms with Gasteiger partial charge in [-0.25, -0.2) is 4.98 Å². The number of rotatable bonds is 6. The van der Waals surface area contributed by atoms with Crippen LogP contribution in [0.4, 0.5) is 0 Å². The molecule has 0 saturated carbocycles. The Labute approximate surface area is 438 Å². The van der Waals surface area contributed by atoms with E-state index in [9.17, 15) is 5.11 Å². The smallest absolute Gasteiger partial charge is 0.148 e. The fourth-order valence-electron chi connectivity index (χ4n) is 7.58. The summed E-state index contributed by atoms with van der Waals surface area (Å²) in [6.45, 7) is -32.9. The van der Waals surface area contributed by atoms with Crippen LogP contribution in [0.5, 0.6) is 5.75 Å². The minimum Gasteiger partial charge on any atom is -0.507 e. The van der Waals surface area contributed by atoms with E-state index >= 15 is 0 Å². The molecule has 0 aliphatic rings. The van der Waals surface area contributed by atoms with Gasteiger partial charge in [-0.2, -0.15) is 0 Å². The summed E-state index contributed by atoms with van der Waals surface area (Å²) < 4.78 is 258. The van der Waals surface area contributed by atoms with Crippen LogP contribution in [0.1, 0.15) is 151 Å². The Kier molecular flexibility index (Phi) is 5.77. The van der Waals surface area contributed by atoms with E-state index in [4.69, 9.17) is 46.1 Å². The zero-order chi connectivity index (χ0) is 70.2. The van der Waals surface area contributed by atoms with Crippen molar-refractivity contribution >= 4 is 11.0 Å². The number of aromatic hydroxyl groups is 1. The van der Waals surface area contributed by atoms with Gasteiger partial charge in [-0.15, -0.1) is 29.3 Å². The van der Waals surface area contributed by atoms with Crippen molar-refractivity contribution in [3.05, 3.63) is 167 Å². The van der Waals surface area contributed by atoms with Gasteiger partial charge in [0.15, 0.2) is 0 Å². The van der Waals surface area contributed by atoms with Gasteiger partial charge in [0.2, 0.25) is 0 Å². The van der Waals surface area contributed by atoms with Crippen molar-refractivity contribution < 1.29 is 67.3 Å². The van der Waals surface area contributed by atoms with Crippen molar-refractivity contribution in [1.82, 2.24) is 14.5 Å². The number of para-hydroxylation sites is 1. The average Bonchev–Trinajstić information content (AvgIpc) is 0.785. The van der Waals surface area contributed by atoms with E-state index in [-0.39, 0.29) is 71.8 Å². The second kappa shape index (κ2) is 17.1. The van der Waals surface area contributed by atoms with Crippen molar-refractivity contribution in [3.8, 4) is 67.5 Å². The van der Waals surface area contributed by atoms with Crippen molar-refractivity contribution in [1.29, 1.82) is 0 Å². The van der Waals surface area contributed by atoms with E-state index in [0.717, 1.165) is 12.1 Å². The molecular formula is C59H62N3OPt-. The van der Waals surface area contributed by atoms with Crippen molar-refractivity contribution in [2.45, 2.75) is 111 Å². The van der Waals surface area contributed by atoms with Crippen LogP contribution in [0.3, 0.4) is 0 Å². The maximum absolute atomic E-state index is 13.0. The summed E-state index contributed by atoms with van der Waals surface area (Å²) >= 11 is 0. The third-order valence-corrected chi connectivity index (χ3v) is 10.9. The van der Waals surface area contributed by atoms with Gasteiger partial charge in [0.25, 0.3) is 0 Å². The molecule has 0 bridgehead atoms. The number of hydrogen-bond donors (Lipinski definition) is 1. The van der Waals surface area contributed by atoms with E-state index in [2.05, 4.69) is 11.1 Å². The number of pyridine rings is 1. The Morgan fingerprint density at radius 1 is 0.562 bits per heavy atom.